The van der Waals surface area contributed by atoms with Gasteiger partial charge in [0.2, 0.25) is 0 Å². The Kier molecular flexibility index (Phi) is 7.01. The molecule has 1 N–H and O–H groups in total. The van der Waals surface area contributed by atoms with E-state index in [1.54, 1.807) is 36.4 Å². The van der Waals surface area contributed by atoms with E-state index in [0.29, 0.717) is 23.5 Å². The molecule has 1 fully saturated rings. The zero-order valence-corrected chi connectivity index (χ0v) is 17.4. The molecule has 1 saturated heterocycles. The van der Waals surface area contributed by atoms with Crippen LogP contribution in [0.5, 0.6) is 5.75 Å². The van der Waals surface area contributed by atoms with Gasteiger partial charge in [-0.2, -0.15) is 0 Å². The number of aliphatic hydroxyl groups excluding tert-OH is 1. The van der Waals surface area contributed by atoms with Crippen molar-refractivity contribution in [2.24, 2.45) is 0 Å². The van der Waals surface area contributed by atoms with Gasteiger partial charge in [-0.3, -0.25) is 19.7 Å². The molecule has 3 rings (SSSR count). The fourth-order valence-corrected chi connectivity index (χ4v) is 3.47. The summed E-state index contributed by atoms with van der Waals surface area (Å²) in [6.45, 7) is 4.10. The van der Waals surface area contributed by atoms with Gasteiger partial charge < -0.3 is 19.5 Å². The quantitative estimate of drug-likeness (QED) is 0.159. The molecular formula is C23H22N2O7. The summed E-state index contributed by atoms with van der Waals surface area (Å²) >= 11 is 0. The Morgan fingerprint density at radius 2 is 1.97 bits per heavy atom. The van der Waals surface area contributed by atoms with Crippen LogP contribution in [0, 0.1) is 10.1 Å². The highest BCUT2D eigenvalue weighted by Gasteiger charge is 2.46. The zero-order valence-electron chi connectivity index (χ0n) is 17.4. The number of Topliss-reactive ketones (excluding diaryl/α,β-unsaturated/α-hetero) is 1. The van der Waals surface area contributed by atoms with E-state index in [-0.39, 0.29) is 30.2 Å². The Labute approximate surface area is 184 Å². The lowest BCUT2D eigenvalue weighted by Gasteiger charge is -2.24. The van der Waals surface area contributed by atoms with Crippen LogP contribution < -0.4 is 4.74 Å². The highest BCUT2D eigenvalue weighted by Crippen LogP contribution is 2.40. The summed E-state index contributed by atoms with van der Waals surface area (Å²) in [6.07, 6.45) is 1.59. The number of methoxy groups -OCH3 is 1. The van der Waals surface area contributed by atoms with Crippen LogP contribution in [0.1, 0.15) is 17.2 Å². The molecule has 0 aliphatic carbocycles. The fraction of sp³-hybridized carbons (Fsp3) is 0.217. The molecule has 1 aliphatic rings. The van der Waals surface area contributed by atoms with Gasteiger partial charge in [-0.1, -0.05) is 24.8 Å². The minimum atomic E-state index is -0.998. The first kappa shape index (κ1) is 22.7. The highest BCUT2D eigenvalue weighted by molar-refractivity contribution is 6.46. The van der Waals surface area contributed by atoms with Crippen molar-refractivity contribution in [2.45, 2.75) is 6.04 Å². The van der Waals surface area contributed by atoms with Crippen LogP contribution in [-0.4, -0.2) is 53.5 Å². The van der Waals surface area contributed by atoms with E-state index < -0.39 is 22.7 Å². The smallest absolute Gasteiger partial charge is 0.295 e. The molecule has 9 heteroatoms. The maximum absolute atomic E-state index is 12.9. The third-order valence-corrected chi connectivity index (χ3v) is 4.97. The van der Waals surface area contributed by atoms with Crippen molar-refractivity contribution in [1.82, 2.24) is 4.90 Å². The number of nitrogens with zero attached hydrogens (tertiary/aromatic N) is 2. The Bertz CT molecular complexity index is 1080. The second kappa shape index (κ2) is 9.88. The molecule has 0 spiro atoms. The van der Waals surface area contributed by atoms with E-state index in [1.807, 2.05) is 0 Å². The van der Waals surface area contributed by atoms with Crippen molar-refractivity contribution < 1.29 is 29.1 Å². The molecule has 0 bridgehead atoms. The first-order chi connectivity index (χ1) is 15.4. The first-order valence-electron chi connectivity index (χ1n) is 9.74. The van der Waals surface area contributed by atoms with Crippen molar-refractivity contribution in [3.63, 3.8) is 0 Å². The molecule has 1 aliphatic heterocycles. The molecular weight excluding hydrogens is 416 g/mol. The number of likely N-dealkylation sites (tertiary alicyclic amines) is 1. The van der Waals surface area contributed by atoms with Crippen molar-refractivity contribution in [2.75, 3.05) is 26.9 Å². The van der Waals surface area contributed by atoms with Gasteiger partial charge >= 0.3 is 0 Å². The summed E-state index contributed by atoms with van der Waals surface area (Å²) in [5.74, 6) is -1.53. The van der Waals surface area contributed by atoms with Crippen molar-refractivity contribution >= 4 is 23.1 Å². The van der Waals surface area contributed by atoms with Crippen LogP contribution in [0.15, 0.2) is 66.8 Å². The number of hydrogen-bond donors (Lipinski definition) is 1. The van der Waals surface area contributed by atoms with Gasteiger partial charge in [-0.15, -0.1) is 0 Å². The van der Waals surface area contributed by atoms with E-state index in [0.717, 1.165) is 0 Å². The second-order valence-electron chi connectivity index (χ2n) is 6.96. The van der Waals surface area contributed by atoms with Crippen molar-refractivity contribution in [3.05, 3.63) is 88.0 Å². The molecule has 2 aromatic carbocycles. The molecule has 0 saturated carbocycles. The third kappa shape index (κ3) is 4.52. The molecule has 1 amide bonds. The fourth-order valence-electron chi connectivity index (χ4n) is 3.47. The number of ether oxygens (including phenoxy) is 2. The largest absolute Gasteiger partial charge is 0.507 e. The maximum Gasteiger partial charge on any atom is 0.295 e. The van der Waals surface area contributed by atoms with Crippen LogP contribution in [0.4, 0.5) is 5.69 Å². The molecule has 32 heavy (non-hydrogen) atoms. The van der Waals surface area contributed by atoms with E-state index >= 15 is 0 Å². The van der Waals surface area contributed by atoms with Gasteiger partial charge in [0.25, 0.3) is 17.4 Å². The van der Waals surface area contributed by atoms with Gasteiger partial charge in [-0.25, -0.2) is 0 Å². The van der Waals surface area contributed by atoms with E-state index in [1.165, 1.54) is 30.2 Å². The van der Waals surface area contributed by atoms with E-state index in [9.17, 15) is 24.8 Å². The number of aliphatic hydroxyl groups is 1. The summed E-state index contributed by atoms with van der Waals surface area (Å²) in [5.41, 5.74) is 0.299. The molecule has 9 nitrogen and oxygen atoms in total. The molecule has 0 aromatic heterocycles. The number of non-ortho nitro benzene ring substituents is 1. The van der Waals surface area contributed by atoms with E-state index in [2.05, 4.69) is 6.58 Å². The predicted molar refractivity (Wildman–Crippen MR) is 116 cm³/mol. The Morgan fingerprint density at radius 1 is 1.25 bits per heavy atom. The summed E-state index contributed by atoms with van der Waals surface area (Å²) in [6, 6.07) is 11.0. The normalized spacial score (nSPS) is 17.4. The predicted octanol–water partition coefficient (Wildman–Crippen LogP) is 3.23. The highest BCUT2D eigenvalue weighted by atomic mass is 16.6. The van der Waals surface area contributed by atoms with Crippen LogP contribution >= 0.6 is 0 Å². The molecule has 2 aromatic rings. The van der Waals surface area contributed by atoms with Gasteiger partial charge in [0, 0.05) is 31.4 Å². The Balaban J connectivity index is 2.10. The monoisotopic (exact) mass is 438 g/mol. The summed E-state index contributed by atoms with van der Waals surface area (Å²) in [7, 11) is 1.45. The summed E-state index contributed by atoms with van der Waals surface area (Å²) in [5, 5.41) is 22.2. The second-order valence-corrected chi connectivity index (χ2v) is 6.96. The number of ketones is 1. The lowest BCUT2D eigenvalue weighted by Crippen LogP contribution is -2.32. The van der Waals surface area contributed by atoms with Gasteiger partial charge in [0.1, 0.15) is 18.1 Å². The standard InChI is InChI=1S/C23H22N2O7/c1-3-12-32-18-9-7-15(8-10-18)21(26)19-20(16-5-4-6-17(14-16)25(29)30)24(11-13-31-2)23(28)22(19)27/h3-10,14,20,26H,1,11-13H2,2H3/b21-19-. The van der Waals surface area contributed by atoms with Gasteiger partial charge in [0.15, 0.2) is 0 Å². The molecule has 1 heterocycles. The van der Waals surface area contributed by atoms with Gasteiger partial charge in [-0.05, 0) is 29.8 Å². The molecule has 0 radical (unpaired) electrons. The van der Waals surface area contributed by atoms with Crippen LogP contribution in [0.25, 0.3) is 5.76 Å². The number of benzene rings is 2. The molecule has 1 atom stereocenters. The number of nitro benzene ring substituents is 1. The number of rotatable bonds is 9. The minimum absolute atomic E-state index is 0.0690. The van der Waals surface area contributed by atoms with Crippen molar-refractivity contribution in [3.8, 4) is 5.75 Å². The summed E-state index contributed by atoms with van der Waals surface area (Å²) in [4.78, 5) is 37.6. The SMILES string of the molecule is C=CCOc1ccc(/C(O)=C2/C(=O)C(=O)N(CCOC)C2c2cccc([N+](=O)[O-])c2)cc1. The number of amides is 1. The molecule has 1 unspecified atom stereocenters. The third-order valence-electron chi connectivity index (χ3n) is 4.97. The van der Waals surface area contributed by atoms with Gasteiger partial charge in [0.05, 0.1) is 23.1 Å². The average molecular weight is 438 g/mol. The zero-order chi connectivity index (χ0) is 23.3. The Hall–Kier alpha value is -3.98. The first-order valence-corrected chi connectivity index (χ1v) is 9.74. The average Bonchev–Trinajstić information content (AvgIpc) is 3.06. The lowest BCUT2D eigenvalue weighted by atomic mass is 9.95. The van der Waals surface area contributed by atoms with Crippen LogP contribution in [-0.2, 0) is 14.3 Å². The van der Waals surface area contributed by atoms with Crippen LogP contribution in [0.3, 0.4) is 0 Å². The maximum atomic E-state index is 12.9. The minimum Gasteiger partial charge on any atom is -0.507 e. The number of nitro groups is 1. The van der Waals surface area contributed by atoms with Crippen LogP contribution in [0.2, 0.25) is 0 Å². The number of carbonyl (C=O) groups excluding carboxylic acids is 2. The number of hydrogen-bond acceptors (Lipinski definition) is 7. The lowest BCUT2D eigenvalue weighted by molar-refractivity contribution is -0.384. The number of carbonyl (C=O) groups is 2. The summed E-state index contributed by atoms with van der Waals surface area (Å²) < 4.78 is 10.5. The van der Waals surface area contributed by atoms with E-state index in [4.69, 9.17) is 9.47 Å². The molecule has 166 valence electrons. The Morgan fingerprint density at radius 3 is 2.59 bits per heavy atom. The van der Waals surface area contributed by atoms with Crippen molar-refractivity contribution in [1.29, 1.82) is 0 Å². The topological polar surface area (TPSA) is 119 Å².